The van der Waals surface area contributed by atoms with E-state index in [2.05, 4.69) is 55.5 Å². The molecule has 0 fully saturated rings. The number of rotatable bonds is 6. The largest absolute Gasteiger partial charge is 0.240 e. The van der Waals surface area contributed by atoms with E-state index in [1.807, 2.05) is 10.9 Å². The molecule has 0 aliphatic heterocycles. The molecule has 0 atom stereocenters. The molecule has 0 spiro atoms. The molecule has 0 N–H and O–H groups in total. The standard InChI is InChI=1S/C8H13I2N3/c9-5-3-1-2-4-8-6-11-12-13(8)7-10/h6H,1-5,7H2. The van der Waals surface area contributed by atoms with Gasteiger partial charge in [-0.3, -0.25) is 0 Å². The first-order chi connectivity index (χ1) is 6.38. The fourth-order valence-corrected chi connectivity index (χ4v) is 2.26. The van der Waals surface area contributed by atoms with Crippen LogP contribution >= 0.6 is 45.2 Å². The highest BCUT2D eigenvalue weighted by molar-refractivity contribution is 14.1. The van der Waals surface area contributed by atoms with E-state index in [1.54, 1.807) is 0 Å². The van der Waals surface area contributed by atoms with Crippen molar-refractivity contribution in [3.8, 4) is 0 Å². The van der Waals surface area contributed by atoms with Crippen molar-refractivity contribution in [2.45, 2.75) is 30.2 Å². The lowest BCUT2D eigenvalue weighted by molar-refractivity contribution is 0.642. The van der Waals surface area contributed by atoms with Crippen LogP contribution in [0.15, 0.2) is 6.20 Å². The van der Waals surface area contributed by atoms with Gasteiger partial charge in [-0.15, -0.1) is 5.10 Å². The first-order valence-corrected chi connectivity index (χ1v) is 7.43. The Morgan fingerprint density at radius 2 is 2.08 bits per heavy atom. The van der Waals surface area contributed by atoms with E-state index >= 15 is 0 Å². The maximum atomic E-state index is 3.99. The lowest BCUT2D eigenvalue weighted by Gasteiger charge is -2.01. The van der Waals surface area contributed by atoms with Gasteiger partial charge in [0.15, 0.2) is 0 Å². The first kappa shape index (κ1) is 11.7. The van der Waals surface area contributed by atoms with Gasteiger partial charge in [0, 0.05) is 0 Å². The highest BCUT2D eigenvalue weighted by Gasteiger charge is 2.01. The zero-order valence-corrected chi connectivity index (χ0v) is 11.7. The molecule has 1 aromatic heterocycles. The summed E-state index contributed by atoms with van der Waals surface area (Å²) in [4.78, 5) is 0. The van der Waals surface area contributed by atoms with Gasteiger partial charge in [0.25, 0.3) is 0 Å². The van der Waals surface area contributed by atoms with Crippen LogP contribution in [0.5, 0.6) is 0 Å². The third kappa shape index (κ3) is 4.09. The number of unbranched alkanes of at least 4 members (excludes halogenated alkanes) is 2. The zero-order valence-electron chi connectivity index (χ0n) is 7.42. The van der Waals surface area contributed by atoms with Crippen molar-refractivity contribution in [1.82, 2.24) is 15.0 Å². The van der Waals surface area contributed by atoms with Crippen molar-refractivity contribution in [2.75, 3.05) is 4.43 Å². The Morgan fingerprint density at radius 3 is 2.77 bits per heavy atom. The predicted molar refractivity (Wildman–Crippen MR) is 70.5 cm³/mol. The molecular weight excluding hydrogens is 392 g/mol. The van der Waals surface area contributed by atoms with Gasteiger partial charge in [-0.1, -0.05) is 56.8 Å². The minimum absolute atomic E-state index is 0.902. The van der Waals surface area contributed by atoms with Crippen LogP contribution < -0.4 is 0 Å². The molecule has 0 aliphatic carbocycles. The number of hydrogen-bond donors (Lipinski definition) is 0. The third-order valence-corrected chi connectivity index (χ3v) is 3.29. The Kier molecular flexibility index (Phi) is 6.26. The average Bonchev–Trinajstić information content (AvgIpc) is 2.60. The molecule has 13 heavy (non-hydrogen) atoms. The lowest BCUT2D eigenvalue weighted by Crippen LogP contribution is -2.00. The number of aromatic nitrogens is 3. The molecule has 1 aromatic rings. The Bertz CT molecular complexity index is 237. The Morgan fingerprint density at radius 1 is 1.23 bits per heavy atom. The fourth-order valence-electron chi connectivity index (χ4n) is 1.15. The lowest BCUT2D eigenvalue weighted by atomic mass is 10.2. The van der Waals surface area contributed by atoms with E-state index in [1.165, 1.54) is 29.4 Å². The van der Waals surface area contributed by atoms with Crippen LogP contribution in [0, 0.1) is 0 Å². The summed E-state index contributed by atoms with van der Waals surface area (Å²) in [5.41, 5.74) is 1.27. The molecule has 0 saturated heterocycles. The topological polar surface area (TPSA) is 30.7 Å². The fraction of sp³-hybridized carbons (Fsp3) is 0.750. The van der Waals surface area contributed by atoms with Gasteiger partial charge in [0.1, 0.15) is 0 Å². The molecule has 1 heterocycles. The second kappa shape index (κ2) is 6.97. The van der Waals surface area contributed by atoms with Crippen LogP contribution in [0.2, 0.25) is 0 Å². The summed E-state index contributed by atoms with van der Waals surface area (Å²) < 4.78 is 4.13. The molecule has 3 nitrogen and oxygen atoms in total. The van der Waals surface area contributed by atoms with Crippen molar-refractivity contribution in [3.63, 3.8) is 0 Å². The minimum atomic E-state index is 0.902. The van der Waals surface area contributed by atoms with E-state index in [0.717, 1.165) is 11.0 Å². The van der Waals surface area contributed by atoms with Gasteiger partial charge in [0.05, 0.1) is 16.4 Å². The van der Waals surface area contributed by atoms with Crippen LogP contribution in [0.4, 0.5) is 0 Å². The van der Waals surface area contributed by atoms with Gasteiger partial charge in [-0.05, 0) is 23.7 Å². The van der Waals surface area contributed by atoms with Gasteiger partial charge in [-0.25, -0.2) is 4.68 Å². The molecule has 0 aromatic carbocycles. The van der Waals surface area contributed by atoms with E-state index in [0.29, 0.717) is 0 Å². The van der Waals surface area contributed by atoms with Crippen LogP contribution in [-0.4, -0.2) is 19.4 Å². The zero-order chi connectivity index (χ0) is 9.52. The summed E-state index contributed by atoms with van der Waals surface area (Å²) in [7, 11) is 0. The van der Waals surface area contributed by atoms with Crippen LogP contribution in [0.3, 0.4) is 0 Å². The summed E-state index contributed by atoms with van der Waals surface area (Å²) >= 11 is 4.73. The molecule has 5 heteroatoms. The van der Waals surface area contributed by atoms with E-state index in [-0.39, 0.29) is 0 Å². The maximum absolute atomic E-state index is 3.99. The van der Waals surface area contributed by atoms with Gasteiger partial charge in [-0.2, -0.15) is 0 Å². The molecule has 74 valence electrons. The number of hydrogen-bond acceptors (Lipinski definition) is 2. The minimum Gasteiger partial charge on any atom is -0.240 e. The smallest absolute Gasteiger partial charge is 0.0944 e. The molecule has 0 bridgehead atoms. The molecule has 0 radical (unpaired) electrons. The summed E-state index contributed by atoms with van der Waals surface area (Å²) in [5, 5.41) is 7.89. The van der Waals surface area contributed by atoms with Gasteiger partial charge >= 0.3 is 0 Å². The quantitative estimate of drug-likeness (QED) is 0.414. The van der Waals surface area contributed by atoms with Crippen molar-refractivity contribution < 1.29 is 0 Å². The second-order valence-corrected chi connectivity index (χ2v) is 4.61. The van der Waals surface area contributed by atoms with Crippen molar-refractivity contribution >= 4 is 45.2 Å². The summed E-state index contributed by atoms with van der Waals surface area (Å²) in [6.07, 6.45) is 6.89. The normalized spacial score (nSPS) is 10.6. The number of alkyl halides is 2. The molecular formula is C8H13I2N3. The average molecular weight is 405 g/mol. The Labute approximate surface area is 106 Å². The SMILES string of the molecule is ICCCCCc1cnnn1CI. The molecule has 0 saturated carbocycles. The van der Waals surface area contributed by atoms with Crippen molar-refractivity contribution in [3.05, 3.63) is 11.9 Å². The first-order valence-electron chi connectivity index (χ1n) is 4.37. The second-order valence-electron chi connectivity index (χ2n) is 2.84. The highest BCUT2D eigenvalue weighted by Crippen LogP contribution is 2.07. The van der Waals surface area contributed by atoms with Crippen LogP contribution in [0.1, 0.15) is 25.0 Å². The molecule has 0 amide bonds. The summed E-state index contributed by atoms with van der Waals surface area (Å²) in [5.74, 6) is 0. The molecule has 0 aliphatic rings. The summed E-state index contributed by atoms with van der Waals surface area (Å²) in [6, 6.07) is 0. The predicted octanol–water partition coefficient (Wildman–Crippen LogP) is 2.82. The number of halogens is 2. The van der Waals surface area contributed by atoms with E-state index in [4.69, 9.17) is 0 Å². The number of aryl methyl sites for hydroxylation is 1. The highest BCUT2D eigenvalue weighted by atomic mass is 127. The molecule has 1 rings (SSSR count). The Hall–Kier alpha value is 0.600. The van der Waals surface area contributed by atoms with Gasteiger partial charge < -0.3 is 0 Å². The van der Waals surface area contributed by atoms with Crippen molar-refractivity contribution in [1.29, 1.82) is 0 Å². The van der Waals surface area contributed by atoms with Crippen LogP contribution in [-0.2, 0) is 11.0 Å². The third-order valence-electron chi connectivity index (χ3n) is 1.88. The van der Waals surface area contributed by atoms with Crippen LogP contribution in [0.25, 0.3) is 0 Å². The van der Waals surface area contributed by atoms with Gasteiger partial charge in [0.2, 0.25) is 0 Å². The van der Waals surface area contributed by atoms with E-state index < -0.39 is 0 Å². The molecule has 0 unspecified atom stereocenters. The maximum Gasteiger partial charge on any atom is 0.0944 e. The Balaban J connectivity index is 2.27. The summed E-state index contributed by atoms with van der Waals surface area (Å²) in [6.45, 7) is 0. The van der Waals surface area contributed by atoms with Crippen molar-refractivity contribution in [2.24, 2.45) is 0 Å². The number of nitrogens with zero attached hydrogens (tertiary/aromatic N) is 3. The van der Waals surface area contributed by atoms with E-state index in [9.17, 15) is 0 Å². The monoisotopic (exact) mass is 405 g/mol.